The van der Waals surface area contributed by atoms with Crippen molar-refractivity contribution in [3.63, 3.8) is 0 Å². The molecule has 2 aromatic heterocycles. The highest BCUT2D eigenvalue weighted by Gasteiger charge is 2.25. The molecule has 1 fully saturated rings. The molecule has 1 aliphatic heterocycles. The molecule has 0 N–H and O–H groups in total. The van der Waals surface area contributed by atoms with Gasteiger partial charge < -0.3 is 14.1 Å². The molecule has 0 radical (unpaired) electrons. The van der Waals surface area contributed by atoms with Crippen molar-refractivity contribution in [3.8, 4) is 5.75 Å². The maximum Gasteiger partial charge on any atom is 0.289 e. The molecular formula is C26H34N4O3. The van der Waals surface area contributed by atoms with Crippen LogP contribution in [-0.4, -0.2) is 51.7 Å². The molecule has 0 unspecified atom stereocenters. The van der Waals surface area contributed by atoms with Crippen LogP contribution in [0.25, 0.3) is 0 Å². The Bertz CT molecular complexity index is 1110. The Morgan fingerprint density at radius 3 is 2.55 bits per heavy atom. The monoisotopic (exact) mass is 450 g/mol. The summed E-state index contributed by atoms with van der Waals surface area (Å²) in [5, 5.41) is 4.42. The van der Waals surface area contributed by atoms with E-state index in [1.165, 1.54) is 11.1 Å². The van der Waals surface area contributed by atoms with Crippen LogP contribution in [0, 0.1) is 13.8 Å². The maximum absolute atomic E-state index is 13.0. The van der Waals surface area contributed by atoms with E-state index in [1.54, 1.807) is 6.07 Å². The van der Waals surface area contributed by atoms with Gasteiger partial charge in [-0.2, -0.15) is 5.10 Å². The van der Waals surface area contributed by atoms with Gasteiger partial charge in [0.1, 0.15) is 18.1 Å². The van der Waals surface area contributed by atoms with Crippen molar-refractivity contribution in [2.75, 3.05) is 26.2 Å². The van der Waals surface area contributed by atoms with Crippen LogP contribution >= 0.6 is 0 Å². The van der Waals surface area contributed by atoms with Gasteiger partial charge in [0.05, 0.1) is 5.69 Å². The van der Waals surface area contributed by atoms with E-state index in [-0.39, 0.29) is 5.91 Å². The fraction of sp³-hybridized carbons (Fsp3) is 0.462. The molecular weight excluding hydrogens is 416 g/mol. The lowest BCUT2D eigenvalue weighted by Crippen LogP contribution is -2.48. The number of piperazine rings is 1. The van der Waals surface area contributed by atoms with Crippen molar-refractivity contribution >= 4 is 5.91 Å². The third-order valence-corrected chi connectivity index (χ3v) is 6.20. The first-order valence-electron chi connectivity index (χ1n) is 11.6. The van der Waals surface area contributed by atoms with Gasteiger partial charge in [-0.05, 0) is 49.1 Å². The zero-order chi connectivity index (χ0) is 23.5. The standard InChI is InChI=1S/C26H34N4O3/c1-18(2)23-8-6-19(3)14-25(23)32-17-22-7-9-24(33-22)26(31)30-12-10-29(11-13-30)16-21-15-28(5)27-20(21)4/h6-9,14-15,18H,10-13,16-17H2,1-5H3. The molecule has 0 saturated carbocycles. The van der Waals surface area contributed by atoms with Gasteiger partial charge in [0.25, 0.3) is 5.91 Å². The average molecular weight is 451 g/mol. The van der Waals surface area contributed by atoms with Crippen molar-refractivity contribution in [1.29, 1.82) is 0 Å². The molecule has 1 saturated heterocycles. The normalized spacial score (nSPS) is 14.8. The summed E-state index contributed by atoms with van der Waals surface area (Å²) in [7, 11) is 1.94. The number of carbonyl (C=O) groups is 1. The lowest BCUT2D eigenvalue weighted by Gasteiger charge is -2.34. The summed E-state index contributed by atoms with van der Waals surface area (Å²) >= 11 is 0. The number of furan rings is 1. The molecule has 1 amide bonds. The number of aromatic nitrogens is 2. The smallest absolute Gasteiger partial charge is 0.289 e. The number of hydrogen-bond acceptors (Lipinski definition) is 5. The van der Waals surface area contributed by atoms with Crippen molar-refractivity contribution < 1.29 is 13.9 Å². The van der Waals surface area contributed by atoms with Gasteiger partial charge in [-0.25, -0.2) is 0 Å². The Morgan fingerprint density at radius 2 is 1.88 bits per heavy atom. The van der Waals surface area contributed by atoms with Gasteiger partial charge >= 0.3 is 0 Å². The molecule has 4 rings (SSSR count). The summed E-state index contributed by atoms with van der Waals surface area (Å²) < 4.78 is 13.8. The average Bonchev–Trinajstić information content (AvgIpc) is 3.38. The van der Waals surface area contributed by atoms with Crippen LogP contribution in [0.3, 0.4) is 0 Å². The summed E-state index contributed by atoms with van der Waals surface area (Å²) in [6.45, 7) is 12.6. The molecule has 0 spiro atoms. The second kappa shape index (κ2) is 9.83. The number of rotatable bonds is 7. The first-order valence-corrected chi connectivity index (χ1v) is 11.6. The summed E-state index contributed by atoms with van der Waals surface area (Å²) in [5.74, 6) is 2.21. The van der Waals surface area contributed by atoms with Crippen LogP contribution in [-0.2, 0) is 20.2 Å². The number of carbonyl (C=O) groups excluding carboxylic acids is 1. The molecule has 1 aromatic carbocycles. The minimum atomic E-state index is -0.0584. The van der Waals surface area contributed by atoms with Crippen LogP contribution in [0.5, 0.6) is 5.75 Å². The van der Waals surface area contributed by atoms with Gasteiger partial charge in [-0.1, -0.05) is 26.0 Å². The first-order chi connectivity index (χ1) is 15.8. The Hall–Kier alpha value is -3.06. The Balaban J connectivity index is 1.31. The SMILES string of the molecule is Cc1ccc(C(C)C)c(OCc2ccc(C(=O)N3CCN(Cc4cn(C)nc4C)CC3)o2)c1. The lowest BCUT2D eigenvalue weighted by atomic mass is 10.0. The van der Waals surface area contributed by atoms with Crippen LogP contribution in [0.15, 0.2) is 40.9 Å². The van der Waals surface area contributed by atoms with Crippen LogP contribution in [0.2, 0.25) is 0 Å². The fourth-order valence-corrected chi connectivity index (χ4v) is 4.27. The van der Waals surface area contributed by atoms with Gasteiger partial charge in [0, 0.05) is 51.5 Å². The lowest BCUT2D eigenvalue weighted by molar-refractivity contribution is 0.0594. The van der Waals surface area contributed by atoms with Crippen molar-refractivity contribution in [1.82, 2.24) is 19.6 Å². The van der Waals surface area contributed by atoms with Gasteiger partial charge in [-0.15, -0.1) is 0 Å². The second-order valence-electron chi connectivity index (χ2n) is 9.23. The molecule has 0 atom stereocenters. The Kier molecular flexibility index (Phi) is 6.88. The van der Waals surface area contributed by atoms with Crippen LogP contribution in [0.4, 0.5) is 0 Å². The quantitative estimate of drug-likeness (QED) is 0.537. The van der Waals surface area contributed by atoms with E-state index >= 15 is 0 Å². The summed E-state index contributed by atoms with van der Waals surface area (Å²) in [5.41, 5.74) is 4.63. The van der Waals surface area contributed by atoms with E-state index in [1.807, 2.05) is 29.6 Å². The van der Waals surface area contributed by atoms with E-state index in [9.17, 15) is 4.79 Å². The zero-order valence-corrected chi connectivity index (χ0v) is 20.3. The first kappa shape index (κ1) is 23.1. The molecule has 3 heterocycles. The molecule has 0 bridgehead atoms. The third-order valence-electron chi connectivity index (χ3n) is 6.20. The molecule has 3 aromatic rings. The minimum Gasteiger partial charge on any atom is -0.485 e. The van der Waals surface area contributed by atoms with Crippen molar-refractivity contribution in [2.45, 2.75) is 46.8 Å². The number of aryl methyl sites for hydroxylation is 3. The van der Waals surface area contributed by atoms with E-state index in [0.29, 0.717) is 37.1 Å². The van der Waals surface area contributed by atoms with Crippen molar-refractivity contribution in [2.24, 2.45) is 7.05 Å². The highest BCUT2D eigenvalue weighted by atomic mass is 16.5. The van der Waals surface area contributed by atoms with Gasteiger partial charge in [0.2, 0.25) is 0 Å². The number of nitrogens with zero attached hydrogens (tertiary/aromatic N) is 4. The molecule has 33 heavy (non-hydrogen) atoms. The van der Waals surface area contributed by atoms with E-state index in [4.69, 9.17) is 9.15 Å². The summed E-state index contributed by atoms with van der Waals surface area (Å²) in [4.78, 5) is 17.2. The van der Waals surface area contributed by atoms with Crippen molar-refractivity contribution in [3.05, 3.63) is 70.4 Å². The van der Waals surface area contributed by atoms with Crippen LogP contribution in [0.1, 0.15) is 58.5 Å². The minimum absolute atomic E-state index is 0.0584. The Labute approximate surface area is 195 Å². The molecule has 176 valence electrons. The summed E-state index contributed by atoms with van der Waals surface area (Å²) in [6, 6.07) is 9.85. The Morgan fingerprint density at radius 1 is 1.12 bits per heavy atom. The molecule has 7 heteroatoms. The number of benzene rings is 1. The highest BCUT2D eigenvalue weighted by Crippen LogP contribution is 2.28. The highest BCUT2D eigenvalue weighted by molar-refractivity contribution is 5.91. The molecule has 0 aliphatic carbocycles. The number of amides is 1. The summed E-state index contributed by atoms with van der Waals surface area (Å²) in [6.07, 6.45) is 2.07. The number of ether oxygens (including phenoxy) is 1. The molecule has 1 aliphatic rings. The van der Waals surface area contributed by atoms with E-state index in [2.05, 4.69) is 55.2 Å². The van der Waals surface area contributed by atoms with Gasteiger partial charge in [0.15, 0.2) is 5.76 Å². The van der Waals surface area contributed by atoms with Gasteiger partial charge in [-0.3, -0.25) is 14.4 Å². The van der Waals surface area contributed by atoms with E-state index in [0.717, 1.165) is 36.6 Å². The fourth-order valence-electron chi connectivity index (χ4n) is 4.27. The zero-order valence-electron chi connectivity index (χ0n) is 20.3. The van der Waals surface area contributed by atoms with E-state index < -0.39 is 0 Å². The second-order valence-corrected chi connectivity index (χ2v) is 9.23. The largest absolute Gasteiger partial charge is 0.485 e. The maximum atomic E-state index is 13.0. The topological polar surface area (TPSA) is 63.7 Å². The predicted octanol–water partition coefficient (Wildman–Crippen LogP) is 4.29. The predicted molar refractivity (Wildman–Crippen MR) is 127 cm³/mol. The van der Waals surface area contributed by atoms with Crippen LogP contribution < -0.4 is 4.74 Å². The molecule has 7 nitrogen and oxygen atoms in total. The third kappa shape index (κ3) is 5.47. The number of hydrogen-bond donors (Lipinski definition) is 0.